The molecule has 0 bridgehead atoms. The smallest absolute Gasteiger partial charge is 0.123 e. The molecule has 144 valence electrons. The van der Waals surface area contributed by atoms with Crippen LogP contribution in [0.4, 0.5) is 0 Å². The highest BCUT2D eigenvalue weighted by Crippen LogP contribution is 2.36. The quantitative estimate of drug-likeness (QED) is 0.762. The third kappa shape index (κ3) is 4.36. The molecule has 0 spiro atoms. The van der Waals surface area contributed by atoms with Crippen LogP contribution >= 0.6 is 0 Å². The highest BCUT2D eigenvalue weighted by atomic mass is 16.5. The van der Waals surface area contributed by atoms with Crippen LogP contribution in [0.5, 0.6) is 5.75 Å². The Labute approximate surface area is 163 Å². The van der Waals surface area contributed by atoms with Crippen molar-refractivity contribution in [3.05, 3.63) is 65.2 Å². The minimum absolute atomic E-state index is 0.379. The lowest BCUT2D eigenvalue weighted by atomic mass is 9.91. The van der Waals surface area contributed by atoms with Gasteiger partial charge in [-0.25, -0.2) is 0 Å². The van der Waals surface area contributed by atoms with Crippen LogP contribution in [0.1, 0.15) is 67.2 Å². The van der Waals surface area contributed by atoms with Crippen LogP contribution in [0.25, 0.3) is 0 Å². The van der Waals surface area contributed by atoms with Gasteiger partial charge >= 0.3 is 0 Å². The summed E-state index contributed by atoms with van der Waals surface area (Å²) >= 11 is 0. The molecule has 0 aromatic heterocycles. The molecule has 1 aliphatic heterocycles. The van der Waals surface area contributed by atoms with Crippen molar-refractivity contribution in [1.82, 2.24) is 10.6 Å². The van der Waals surface area contributed by atoms with E-state index >= 15 is 0 Å². The molecule has 1 saturated carbocycles. The van der Waals surface area contributed by atoms with Gasteiger partial charge in [-0.1, -0.05) is 55.3 Å². The number of ether oxygens (including phenoxy) is 1. The lowest BCUT2D eigenvalue weighted by molar-refractivity contribution is 0.303. The van der Waals surface area contributed by atoms with E-state index in [0.717, 1.165) is 24.8 Å². The van der Waals surface area contributed by atoms with Crippen LogP contribution in [0.2, 0.25) is 0 Å². The van der Waals surface area contributed by atoms with E-state index in [1.165, 1.54) is 55.2 Å². The molecular weight excluding hydrogens is 332 g/mol. The number of hydrogen-bond donors (Lipinski definition) is 2. The summed E-state index contributed by atoms with van der Waals surface area (Å²) in [5.41, 5.74) is 4.16. The maximum atomic E-state index is 5.66. The second kappa shape index (κ2) is 8.90. The molecular formula is C24H32N2O. The van der Waals surface area contributed by atoms with E-state index in [1.54, 1.807) is 7.11 Å². The zero-order valence-electron chi connectivity index (χ0n) is 16.4. The summed E-state index contributed by atoms with van der Waals surface area (Å²) in [6, 6.07) is 18.5. The fourth-order valence-electron chi connectivity index (χ4n) is 4.81. The highest BCUT2D eigenvalue weighted by molar-refractivity contribution is 5.39. The fourth-order valence-corrected chi connectivity index (χ4v) is 4.81. The summed E-state index contributed by atoms with van der Waals surface area (Å²) in [6.07, 6.45) is 7.84. The van der Waals surface area contributed by atoms with E-state index in [-0.39, 0.29) is 0 Å². The predicted octanol–water partition coefficient (Wildman–Crippen LogP) is 4.94. The van der Waals surface area contributed by atoms with Gasteiger partial charge in [0.2, 0.25) is 0 Å². The van der Waals surface area contributed by atoms with Crippen molar-refractivity contribution in [3.63, 3.8) is 0 Å². The third-order valence-electron chi connectivity index (χ3n) is 6.30. The Hall–Kier alpha value is -1.84. The summed E-state index contributed by atoms with van der Waals surface area (Å²) in [5, 5.41) is 7.55. The first-order valence-electron chi connectivity index (χ1n) is 10.5. The Morgan fingerprint density at radius 1 is 0.963 bits per heavy atom. The van der Waals surface area contributed by atoms with Gasteiger partial charge in [0, 0.05) is 24.2 Å². The van der Waals surface area contributed by atoms with E-state index in [4.69, 9.17) is 4.74 Å². The molecule has 4 rings (SSSR count). The topological polar surface area (TPSA) is 33.3 Å². The second-order valence-electron chi connectivity index (χ2n) is 8.02. The Morgan fingerprint density at radius 3 is 2.56 bits per heavy atom. The summed E-state index contributed by atoms with van der Waals surface area (Å²) in [6.45, 7) is 1.96. The molecule has 1 saturated heterocycles. The van der Waals surface area contributed by atoms with Crippen molar-refractivity contribution in [3.8, 4) is 5.75 Å². The number of rotatable bonds is 6. The van der Waals surface area contributed by atoms with Gasteiger partial charge in [-0.3, -0.25) is 0 Å². The normalized spacial score (nSPS) is 23.4. The Kier molecular flexibility index (Phi) is 6.10. The minimum Gasteiger partial charge on any atom is -0.496 e. The van der Waals surface area contributed by atoms with Crippen LogP contribution in [0.3, 0.4) is 0 Å². The molecule has 1 heterocycles. The number of nitrogens with one attached hydrogen (secondary N) is 2. The van der Waals surface area contributed by atoms with Crippen LogP contribution in [-0.4, -0.2) is 19.7 Å². The van der Waals surface area contributed by atoms with E-state index < -0.39 is 0 Å². The van der Waals surface area contributed by atoms with E-state index in [9.17, 15) is 0 Å². The van der Waals surface area contributed by atoms with Gasteiger partial charge in [-0.05, 0) is 55.3 Å². The molecule has 1 aliphatic carbocycles. The third-order valence-corrected chi connectivity index (χ3v) is 6.30. The first kappa shape index (κ1) is 18.5. The Balaban J connectivity index is 1.48. The van der Waals surface area contributed by atoms with E-state index in [0.29, 0.717) is 12.1 Å². The van der Waals surface area contributed by atoms with Crippen LogP contribution in [0, 0.1) is 0 Å². The molecule has 2 fully saturated rings. The van der Waals surface area contributed by atoms with Crippen molar-refractivity contribution in [2.24, 2.45) is 0 Å². The zero-order valence-corrected chi connectivity index (χ0v) is 16.4. The molecule has 2 aliphatic rings. The SMILES string of the molecule is COc1ccc(C2CCCC2)cc1CNC1CCCNC1c1ccccc1. The van der Waals surface area contributed by atoms with Crippen LogP contribution in [0.15, 0.2) is 48.5 Å². The molecule has 27 heavy (non-hydrogen) atoms. The lowest BCUT2D eigenvalue weighted by Gasteiger charge is -2.34. The predicted molar refractivity (Wildman–Crippen MR) is 111 cm³/mol. The zero-order chi connectivity index (χ0) is 18.5. The molecule has 2 aromatic rings. The van der Waals surface area contributed by atoms with Crippen molar-refractivity contribution < 1.29 is 4.74 Å². The van der Waals surface area contributed by atoms with Crippen molar-refractivity contribution in [2.45, 2.75) is 63.1 Å². The van der Waals surface area contributed by atoms with Gasteiger partial charge in [0.05, 0.1) is 7.11 Å². The molecule has 0 amide bonds. The maximum absolute atomic E-state index is 5.66. The Morgan fingerprint density at radius 2 is 1.78 bits per heavy atom. The monoisotopic (exact) mass is 364 g/mol. The maximum Gasteiger partial charge on any atom is 0.123 e. The molecule has 0 radical (unpaired) electrons. The van der Waals surface area contributed by atoms with Gasteiger partial charge in [-0.2, -0.15) is 0 Å². The lowest BCUT2D eigenvalue weighted by Crippen LogP contribution is -2.45. The molecule has 2 unspecified atom stereocenters. The van der Waals surface area contributed by atoms with Crippen molar-refractivity contribution in [2.75, 3.05) is 13.7 Å². The van der Waals surface area contributed by atoms with Gasteiger partial charge in [0.25, 0.3) is 0 Å². The first-order chi connectivity index (χ1) is 13.3. The molecule has 3 heteroatoms. The first-order valence-corrected chi connectivity index (χ1v) is 10.5. The van der Waals surface area contributed by atoms with Crippen molar-refractivity contribution >= 4 is 0 Å². The van der Waals surface area contributed by atoms with Crippen LogP contribution < -0.4 is 15.4 Å². The molecule has 2 atom stereocenters. The number of benzene rings is 2. The average Bonchev–Trinajstić information content (AvgIpc) is 3.28. The fraction of sp³-hybridized carbons (Fsp3) is 0.500. The summed E-state index contributed by atoms with van der Waals surface area (Å²) < 4.78 is 5.66. The largest absolute Gasteiger partial charge is 0.496 e. The second-order valence-corrected chi connectivity index (χ2v) is 8.02. The standard InChI is InChI=1S/C24H32N2O/c1-27-23-14-13-20(18-8-5-6-9-18)16-21(23)17-26-22-12-7-15-25-24(22)19-10-3-2-4-11-19/h2-4,10-11,13-14,16,18,22,24-26H,5-9,12,15,17H2,1H3. The number of methoxy groups -OCH3 is 1. The molecule has 2 aromatic carbocycles. The highest BCUT2D eigenvalue weighted by Gasteiger charge is 2.26. The van der Waals surface area contributed by atoms with Gasteiger partial charge < -0.3 is 15.4 Å². The molecule has 3 nitrogen and oxygen atoms in total. The van der Waals surface area contributed by atoms with Crippen LogP contribution in [-0.2, 0) is 6.54 Å². The van der Waals surface area contributed by atoms with E-state index in [2.05, 4.69) is 59.2 Å². The number of piperidine rings is 1. The minimum atomic E-state index is 0.379. The summed E-state index contributed by atoms with van der Waals surface area (Å²) in [7, 11) is 1.78. The van der Waals surface area contributed by atoms with Gasteiger partial charge in [0.15, 0.2) is 0 Å². The molecule has 2 N–H and O–H groups in total. The van der Waals surface area contributed by atoms with Gasteiger partial charge in [0.1, 0.15) is 5.75 Å². The van der Waals surface area contributed by atoms with E-state index in [1.807, 2.05) is 0 Å². The Bertz CT molecular complexity index is 724. The van der Waals surface area contributed by atoms with Gasteiger partial charge in [-0.15, -0.1) is 0 Å². The number of hydrogen-bond acceptors (Lipinski definition) is 3. The summed E-state index contributed by atoms with van der Waals surface area (Å²) in [5.74, 6) is 1.74. The average molecular weight is 365 g/mol. The van der Waals surface area contributed by atoms with Crippen molar-refractivity contribution in [1.29, 1.82) is 0 Å². The summed E-state index contributed by atoms with van der Waals surface area (Å²) in [4.78, 5) is 0.